The van der Waals surface area contributed by atoms with Crippen LogP contribution < -0.4 is 4.74 Å². The molecule has 2 aromatic heterocycles. The van der Waals surface area contributed by atoms with Crippen molar-refractivity contribution in [1.29, 1.82) is 0 Å². The van der Waals surface area contributed by atoms with E-state index in [2.05, 4.69) is 25.9 Å². The quantitative estimate of drug-likeness (QED) is 0.757. The minimum absolute atomic E-state index is 0.00674. The molecule has 2 heterocycles. The van der Waals surface area contributed by atoms with E-state index < -0.39 is 11.6 Å². The van der Waals surface area contributed by atoms with Gasteiger partial charge >= 0.3 is 0 Å². The molecule has 3 aromatic rings. The van der Waals surface area contributed by atoms with Crippen molar-refractivity contribution in [3.05, 3.63) is 46.7 Å². The van der Waals surface area contributed by atoms with Crippen LogP contribution in [-0.2, 0) is 0 Å². The number of H-pyrrole nitrogens is 1. The Balaban J connectivity index is 2.33. The average Bonchev–Trinajstić information content (AvgIpc) is 2.80. The van der Waals surface area contributed by atoms with E-state index in [-0.39, 0.29) is 5.75 Å². The molecule has 0 unspecified atom stereocenters. The van der Waals surface area contributed by atoms with Gasteiger partial charge in [0.15, 0.2) is 11.6 Å². The van der Waals surface area contributed by atoms with Crippen LogP contribution in [0.1, 0.15) is 0 Å². The van der Waals surface area contributed by atoms with E-state index in [0.717, 1.165) is 15.9 Å². The number of hydrogen-bond acceptors (Lipinski definition) is 2. The summed E-state index contributed by atoms with van der Waals surface area (Å²) in [6.07, 6.45) is 3.30. The molecule has 20 heavy (non-hydrogen) atoms. The third-order valence-corrected chi connectivity index (χ3v) is 3.43. The second-order valence-corrected chi connectivity index (χ2v) is 5.14. The highest BCUT2D eigenvalue weighted by atomic mass is 79.9. The lowest BCUT2D eigenvalue weighted by Crippen LogP contribution is -1.93. The molecule has 6 heteroatoms. The molecule has 0 aliphatic heterocycles. The minimum atomic E-state index is -0.736. The number of nitrogens with one attached hydrogen (secondary N) is 1. The largest absolute Gasteiger partial charge is 0.493 e. The van der Waals surface area contributed by atoms with E-state index in [1.54, 1.807) is 12.4 Å². The van der Waals surface area contributed by atoms with Gasteiger partial charge in [0.2, 0.25) is 0 Å². The number of benzene rings is 1. The van der Waals surface area contributed by atoms with E-state index in [0.29, 0.717) is 16.8 Å². The highest BCUT2D eigenvalue weighted by molar-refractivity contribution is 9.10. The molecule has 0 saturated carbocycles. The number of hydrogen-bond donors (Lipinski definition) is 1. The molecule has 0 spiro atoms. The fraction of sp³-hybridized carbons (Fsp3) is 0.0714. The van der Waals surface area contributed by atoms with Gasteiger partial charge in [-0.15, -0.1) is 0 Å². The minimum Gasteiger partial charge on any atom is -0.493 e. The first-order chi connectivity index (χ1) is 9.60. The first-order valence-electron chi connectivity index (χ1n) is 5.76. The van der Waals surface area contributed by atoms with Crippen molar-refractivity contribution >= 4 is 27.0 Å². The fourth-order valence-corrected chi connectivity index (χ4v) is 2.50. The van der Waals surface area contributed by atoms with Crippen molar-refractivity contribution in [2.75, 3.05) is 7.11 Å². The number of ether oxygens (including phenoxy) is 1. The zero-order valence-electron chi connectivity index (χ0n) is 10.4. The van der Waals surface area contributed by atoms with Gasteiger partial charge in [-0.3, -0.25) is 0 Å². The molecular formula is C14H9BrF2N2O. The third kappa shape index (κ3) is 2.06. The maximum atomic E-state index is 13.8. The van der Waals surface area contributed by atoms with Crippen LogP contribution in [0.25, 0.3) is 22.2 Å². The highest BCUT2D eigenvalue weighted by Gasteiger charge is 2.17. The number of fused-ring (bicyclic) bond motifs is 1. The van der Waals surface area contributed by atoms with Crippen LogP contribution in [0.5, 0.6) is 5.75 Å². The van der Waals surface area contributed by atoms with Crippen LogP contribution in [-0.4, -0.2) is 17.1 Å². The summed E-state index contributed by atoms with van der Waals surface area (Å²) in [5.41, 5.74) is 1.61. The van der Waals surface area contributed by atoms with Gasteiger partial charge in [-0.05, 0) is 28.1 Å². The van der Waals surface area contributed by atoms with Gasteiger partial charge in [0, 0.05) is 39.4 Å². The van der Waals surface area contributed by atoms with Crippen molar-refractivity contribution in [3.8, 4) is 16.9 Å². The molecule has 1 aromatic carbocycles. The molecule has 3 rings (SSSR count). The van der Waals surface area contributed by atoms with Gasteiger partial charge in [-0.25, -0.2) is 13.8 Å². The molecular weight excluding hydrogens is 330 g/mol. The Morgan fingerprint density at radius 3 is 2.75 bits per heavy atom. The van der Waals surface area contributed by atoms with Crippen LogP contribution in [0.15, 0.2) is 35.1 Å². The summed E-state index contributed by atoms with van der Waals surface area (Å²) in [6.45, 7) is 0. The normalized spacial score (nSPS) is 11.0. The number of methoxy groups -OCH3 is 1. The Morgan fingerprint density at radius 2 is 2.00 bits per heavy atom. The lowest BCUT2D eigenvalue weighted by atomic mass is 10.0. The topological polar surface area (TPSA) is 37.9 Å². The second kappa shape index (κ2) is 4.86. The van der Waals surface area contributed by atoms with Crippen LogP contribution in [0, 0.1) is 11.6 Å². The van der Waals surface area contributed by atoms with Gasteiger partial charge < -0.3 is 9.72 Å². The highest BCUT2D eigenvalue weighted by Crippen LogP contribution is 2.37. The lowest BCUT2D eigenvalue weighted by Gasteiger charge is -2.09. The van der Waals surface area contributed by atoms with Crippen LogP contribution in [0.3, 0.4) is 0 Å². The average molecular weight is 339 g/mol. The predicted octanol–water partition coefficient (Wildman–Crippen LogP) is 4.28. The Morgan fingerprint density at radius 1 is 1.20 bits per heavy atom. The molecule has 1 N–H and O–H groups in total. The molecule has 0 amide bonds. The van der Waals surface area contributed by atoms with Crippen molar-refractivity contribution < 1.29 is 13.5 Å². The summed E-state index contributed by atoms with van der Waals surface area (Å²) >= 11 is 3.33. The second-order valence-electron chi connectivity index (χ2n) is 4.22. The first-order valence-corrected chi connectivity index (χ1v) is 6.55. The SMILES string of the molecule is COc1c(F)cc(F)cc1-c1c[nH]c2ncc(Br)cc12. The monoisotopic (exact) mass is 338 g/mol. The maximum Gasteiger partial charge on any atom is 0.168 e. The lowest BCUT2D eigenvalue weighted by molar-refractivity contribution is 0.386. The summed E-state index contributed by atoms with van der Waals surface area (Å²) in [7, 11) is 1.35. The summed E-state index contributed by atoms with van der Waals surface area (Å²) in [6, 6.07) is 3.87. The van der Waals surface area contributed by atoms with Crippen molar-refractivity contribution in [3.63, 3.8) is 0 Å². The number of aromatic amines is 1. The van der Waals surface area contributed by atoms with E-state index in [1.165, 1.54) is 13.2 Å². The van der Waals surface area contributed by atoms with Gasteiger partial charge in [-0.2, -0.15) is 0 Å². The Kier molecular flexibility index (Phi) is 3.17. The molecule has 0 saturated heterocycles. The summed E-state index contributed by atoms with van der Waals surface area (Å²) in [4.78, 5) is 7.17. The molecule has 102 valence electrons. The zero-order chi connectivity index (χ0) is 14.3. The van der Waals surface area contributed by atoms with Crippen molar-refractivity contribution in [1.82, 2.24) is 9.97 Å². The van der Waals surface area contributed by atoms with Crippen LogP contribution in [0.2, 0.25) is 0 Å². The molecule has 3 nitrogen and oxygen atoms in total. The smallest absolute Gasteiger partial charge is 0.168 e. The summed E-state index contributed by atoms with van der Waals surface area (Å²) in [5, 5.41) is 0.752. The molecule has 0 aliphatic rings. The Labute approximate surface area is 121 Å². The van der Waals surface area contributed by atoms with Crippen molar-refractivity contribution in [2.24, 2.45) is 0 Å². The van der Waals surface area contributed by atoms with Gasteiger partial charge in [0.05, 0.1) is 7.11 Å². The van der Waals surface area contributed by atoms with Crippen molar-refractivity contribution in [2.45, 2.75) is 0 Å². The Hall–Kier alpha value is -1.95. The summed E-state index contributed by atoms with van der Waals surface area (Å²) < 4.78 is 33.1. The predicted molar refractivity (Wildman–Crippen MR) is 75.7 cm³/mol. The number of nitrogens with zero attached hydrogens (tertiary/aromatic N) is 1. The van der Waals surface area contributed by atoms with Gasteiger partial charge in [0.1, 0.15) is 11.5 Å². The standard InChI is InChI=1S/C14H9BrF2N2O/c1-20-13-9(3-8(16)4-12(13)17)11-6-19-14-10(11)2-7(15)5-18-14/h2-6H,1H3,(H,18,19). The first kappa shape index (κ1) is 13.1. The number of pyridine rings is 1. The van der Waals surface area contributed by atoms with Gasteiger partial charge in [-0.1, -0.05) is 0 Å². The van der Waals surface area contributed by atoms with E-state index in [4.69, 9.17) is 4.74 Å². The molecule has 0 aliphatic carbocycles. The van der Waals surface area contributed by atoms with Crippen LogP contribution >= 0.6 is 15.9 Å². The molecule has 0 fully saturated rings. The van der Waals surface area contributed by atoms with E-state index in [9.17, 15) is 8.78 Å². The van der Waals surface area contributed by atoms with Crippen LogP contribution in [0.4, 0.5) is 8.78 Å². The number of rotatable bonds is 2. The third-order valence-electron chi connectivity index (χ3n) is 3.00. The van der Waals surface area contributed by atoms with E-state index in [1.807, 2.05) is 6.07 Å². The number of halogens is 3. The molecule has 0 bridgehead atoms. The fourth-order valence-electron chi connectivity index (χ4n) is 2.17. The zero-order valence-corrected chi connectivity index (χ0v) is 12.0. The maximum absolute atomic E-state index is 13.8. The Bertz CT molecular complexity index is 801. The molecule has 0 atom stereocenters. The summed E-state index contributed by atoms with van der Waals surface area (Å²) in [5.74, 6) is -1.39. The number of aromatic nitrogens is 2. The van der Waals surface area contributed by atoms with Gasteiger partial charge in [0.25, 0.3) is 0 Å². The molecule has 0 radical (unpaired) electrons. The van der Waals surface area contributed by atoms with E-state index >= 15 is 0 Å².